The van der Waals surface area contributed by atoms with E-state index in [-0.39, 0.29) is 18.8 Å². The van der Waals surface area contributed by atoms with Crippen molar-refractivity contribution in [3.63, 3.8) is 0 Å². The average Bonchev–Trinajstić information content (AvgIpc) is 3.46. The van der Waals surface area contributed by atoms with Gasteiger partial charge >= 0.3 is 0 Å². The SMILES string of the molecule is C[C@@H]1Cc2c([nH]c3ccccc23)[C@@H](c2ccc(O[C@@H]3CN(CCCF)C[C@H]3O)cc2)N1[C@@H]1CCC2CC1C2. The maximum atomic E-state index is 12.6. The van der Waals surface area contributed by atoms with Crippen LogP contribution in [0.15, 0.2) is 48.5 Å². The molecule has 3 saturated carbocycles. The highest BCUT2D eigenvalue weighted by atomic mass is 19.1. The lowest BCUT2D eigenvalue weighted by Gasteiger charge is -2.55. The molecule has 3 aliphatic carbocycles. The van der Waals surface area contributed by atoms with E-state index < -0.39 is 6.10 Å². The van der Waals surface area contributed by atoms with Gasteiger partial charge in [-0.15, -0.1) is 0 Å². The van der Waals surface area contributed by atoms with Crippen LogP contribution in [0.1, 0.15) is 61.9 Å². The highest BCUT2D eigenvalue weighted by Crippen LogP contribution is 2.52. The van der Waals surface area contributed by atoms with E-state index in [4.69, 9.17) is 4.74 Å². The predicted octanol–water partition coefficient (Wildman–Crippen LogP) is 5.48. The molecule has 5 atom stereocenters. The van der Waals surface area contributed by atoms with E-state index in [1.54, 1.807) is 0 Å². The van der Waals surface area contributed by atoms with E-state index in [2.05, 4.69) is 70.2 Å². The Bertz CT molecular complexity index is 1270. The smallest absolute Gasteiger partial charge is 0.138 e. The van der Waals surface area contributed by atoms with E-state index in [1.165, 1.54) is 53.4 Å². The second kappa shape index (κ2) is 9.96. The lowest BCUT2D eigenvalue weighted by molar-refractivity contribution is -0.0356. The Hall–Kier alpha value is -2.41. The number of nitrogens with zero attached hydrogens (tertiary/aromatic N) is 2. The zero-order valence-corrected chi connectivity index (χ0v) is 22.4. The van der Waals surface area contributed by atoms with Crippen LogP contribution in [0.25, 0.3) is 10.9 Å². The van der Waals surface area contributed by atoms with Crippen molar-refractivity contribution in [3.8, 4) is 5.75 Å². The Balaban J connectivity index is 1.19. The molecule has 3 heterocycles. The Kier molecular flexibility index (Phi) is 6.45. The van der Waals surface area contributed by atoms with Crippen molar-refractivity contribution in [2.24, 2.45) is 11.8 Å². The van der Waals surface area contributed by atoms with Crippen LogP contribution >= 0.6 is 0 Å². The number of ether oxygens (including phenoxy) is 1. The highest BCUT2D eigenvalue weighted by Gasteiger charge is 2.48. The van der Waals surface area contributed by atoms with Crippen LogP contribution in [0.5, 0.6) is 5.75 Å². The number of aromatic amines is 1. The van der Waals surface area contributed by atoms with Crippen LogP contribution in [-0.2, 0) is 6.42 Å². The molecule has 1 aromatic heterocycles. The first-order valence-corrected chi connectivity index (χ1v) is 14.7. The molecule has 38 heavy (non-hydrogen) atoms. The van der Waals surface area contributed by atoms with Crippen molar-refractivity contribution < 1.29 is 14.2 Å². The van der Waals surface area contributed by atoms with Gasteiger partial charge in [0.15, 0.2) is 0 Å². The maximum Gasteiger partial charge on any atom is 0.138 e. The molecule has 0 amide bonds. The lowest BCUT2D eigenvalue weighted by Crippen LogP contribution is -2.56. The van der Waals surface area contributed by atoms with Gasteiger partial charge in [0.05, 0.1) is 12.7 Å². The maximum absolute atomic E-state index is 12.6. The molecule has 5 nitrogen and oxygen atoms in total. The van der Waals surface area contributed by atoms with Crippen LogP contribution in [0.3, 0.4) is 0 Å². The number of hydrogen-bond acceptors (Lipinski definition) is 4. The molecule has 202 valence electrons. The molecule has 6 heteroatoms. The van der Waals surface area contributed by atoms with Gasteiger partial charge in [0.2, 0.25) is 0 Å². The molecular formula is C32H40FN3O2. The van der Waals surface area contributed by atoms with Crippen molar-refractivity contribution in [3.05, 3.63) is 65.4 Å². The van der Waals surface area contributed by atoms with Crippen molar-refractivity contribution in [1.82, 2.24) is 14.8 Å². The summed E-state index contributed by atoms with van der Waals surface area (Å²) in [6.45, 7) is 3.95. The predicted molar refractivity (Wildman–Crippen MR) is 148 cm³/mol. The molecule has 4 fully saturated rings. The number of aliphatic hydroxyl groups excluding tert-OH is 1. The van der Waals surface area contributed by atoms with Crippen molar-refractivity contribution in [2.45, 2.75) is 75.8 Å². The third-order valence-electron chi connectivity index (χ3n) is 9.90. The van der Waals surface area contributed by atoms with E-state index in [0.29, 0.717) is 38.1 Å². The number of benzene rings is 2. The molecule has 1 saturated heterocycles. The van der Waals surface area contributed by atoms with Gasteiger partial charge in [0.1, 0.15) is 18.0 Å². The normalized spacial score (nSPS) is 33.3. The summed E-state index contributed by atoms with van der Waals surface area (Å²) in [4.78, 5) is 8.78. The second-order valence-corrected chi connectivity index (χ2v) is 12.3. The van der Waals surface area contributed by atoms with Gasteiger partial charge in [-0.1, -0.05) is 30.3 Å². The molecule has 8 rings (SSSR count). The molecule has 2 aliphatic heterocycles. The summed E-state index contributed by atoms with van der Waals surface area (Å²) in [5, 5.41) is 11.9. The molecule has 0 spiro atoms. The number of fused-ring (bicyclic) bond motifs is 5. The number of halogens is 1. The number of β-amino-alcohol motifs (C(OH)–C–C–N with tert-alkyl or cyclic N) is 1. The van der Waals surface area contributed by atoms with Gasteiger partial charge in [0, 0.05) is 48.3 Å². The summed E-state index contributed by atoms with van der Waals surface area (Å²) in [5.41, 5.74) is 5.36. The Morgan fingerprint density at radius 1 is 1.05 bits per heavy atom. The van der Waals surface area contributed by atoms with Gasteiger partial charge < -0.3 is 14.8 Å². The van der Waals surface area contributed by atoms with Crippen LogP contribution in [-0.4, -0.2) is 70.5 Å². The summed E-state index contributed by atoms with van der Waals surface area (Å²) in [6.07, 6.45) is 6.25. The van der Waals surface area contributed by atoms with Gasteiger partial charge in [0.25, 0.3) is 0 Å². The quantitative estimate of drug-likeness (QED) is 0.436. The van der Waals surface area contributed by atoms with Crippen LogP contribution in [0.2, 0.25) is 0 Å². The minimum Gasteiger partial charge on any atom is -0.486 e. The Morgan fingerprint density at radius 3 is 2.63 bits per heavy atom. The molecule has 2 N–H and O–H groups in total. The molecule has 5 aliphatic rings. The summed E-state index contributed by atoms with van der Waals surface area (Å²) in [6, 6.07) is 18.7. The molecule has 0 radical (unpaired) electrons. The van der Waals surface area contributed by atoms with Gasteiger partial charge in [-0.25, -0.2) is 0 Å². The van der Waals surface area contributed by atoms with Gasteiger partial charge in [-0.3, -0.25) is 14.2 Å². The average molecular weight is 518 g/mol. The fourth-order valence-corrected chi connectivity index (χ4v) is 8.03. The Labute approximate surface area is 225 Å². The van der Waals surface area contributed by atoms with Crippen molar-refractivity contribution in [1.29, 1.82) is 0 Å². The number of hydrogen-bond donors (Lipinski definition) is 2. The zero-order chi connectivity index (χ0) is 25.8. The topological polar surface area (TPSA) is 51.7 Å². The van der Waals surface area contributed by atoms with Gasteiger partial charge in [-0.2, -0.15) is 0 Å². The van der Waals surface area contributed by atoms with E-state index >= 15 is 0 Å². The third-order valence-corrected chi connectivity index (χ3v) is 9.90. The zero-order valence-electron chi connectivity index (χ0n) is 22.4. The number of nitrogens with one attached hydrogen (secondary N) is 1. The minimum atomic E-state index is -0.546. The fraction of sp³-hybridized carbons (Fsp3) is 0.562. The van der Waals surface area contributed by atoms with Gasteiger partial charge in [-0.05, 0) is 86.6 Å². The number of rotatable bonds is 7. The number of H-pyrrole nitrogens is 1. The van der Waals surface area contributed by atoms with Crippen molar-refractivity contribution in [2.75, 3.05) is 26.3 Å². The van der Waals surface area contributed by atoms with E-state index in [0.717, 1.165) is 24.0 Å². The molecular weight excluding hydrogens is 477 g/mol. The highest BCUT2D eigenvalue weighted by molar-refractivity contribution is 5.85. The van der Waals surface area contributed by atoms with Crippen LogP contribution in [0, 0.1) is 11.8 Å². The minimum absolute atomic E-state index is 0.200. The summed E-state index contributed by atoms with van der Waals surface area (Å²) < 4.78 is 18.8. The Morgan fingerprint density at radius 2 is 1.87 bits per heavy atom. The molecule has 2 bridgehead atoms. The van der Waals surface area contributed by atoms with Crippen LogP contribution < -0.4 is 4.74 Å². The first kappa shape index (κ1) is 24.6. The lowest BCUT2D eigenvalue weighted by atomic mass is 9.61. The number of aliphatic hydroxyl groups is 1. The fourth-order valence-electron chi connectivity index (χ4n) is 8.03. The third kappa shape index (κ3) is 4.25. The van der Waals surface area contributed by atoms with E-state index in [9.17, 15) is 9.50 Å². The first-order valence-electron chi connectivity index (χ1n) is 14.7. The second-order valence-electron chi connectivity index (χ2n) is 12.3. The summed E-state index contributed by atoms with van der Waals surface area (Å²) >= 11 is 0. The molecule has 0 unspecified atom stereocenters. The largest absolute Gasteiger partial charge is 0.486 e. The van der Waals surface area contributed by atoms with E-state index in [1.807, 2.05) is 0 Å². The summed E-state index contributed by atoms with van der Waals surface area (Å²) in [5.74, 6) is 2.59. The first-order chi connectivity index (χ1) is 18.6. The monoisotopic (exact) mass is 517 g/mol. The summed E-state index contributed by atoms with van der Waals surface area (Å²) in [7, 11) is 0. The standard InChI is InChI=1S/C32H40FN3O2/c1-20-15-26-25-5-2-3-6-27(25)34-31(26)32(36(20)28-12-7-21-16-23(28)17-21)22-8-10-24(11-9-22)38-30-19-35(14-4-13-33)18-29(30)37/h2-3,5-6,8-11,20-21,23,28-30,32,34,37H,4,7,12-19H2,1H3/t20-,21?,23?,28-,29-,30-,32-/m1/s1. The van der Waals surface area contributed by atoms with Crippen molar-refractivity contribution >= 4 is 10.9 Å². The molecule has 3 aromatic rings. The number of para-hydroxylation sites is 1. The number of likely N-dealkylation sites (tertiary alicyclic amines) is 1. The molecule has 2 aromatic carbocycles. The number of aromatic nitrogens is 1. The number of alkyl halides is 1. The van der Waals surface area contributed by atoms with Crippen LogP contribution in [0.4, 0.5) is 4.39 Å².